The molecule has 0 spiro atoms. The van der Waals surface area contributed by atoms with E-state index in [0.29, 0.717) is 18.7 Å². The molecule has 1 aliphatic rings. The molecule has 0 aromatic heterocycles. The molecular formula is C22H24N2O3. The summed E-state index contributed by atoms with van der Waals surface area (Å²) in [5, 5.41) is 3.06. The van der Waals surface area contributed by atoms with E-state index in [-0.39, 0.29) is 17.9 Å². The molecule has 1 aliphatic heterocycles. The normalized spacial score (nSPS) is 14.9. The summed E-state index contributed by atoms with van der Waals surface area (Å²) in [6.45, 7) is 1.27. The second kappa shape index (κ2) is 9.03. The van der Waals surface area contributed by atoms with Crippen LogP contribution < -0.4 is 10.1 Å². The monoisotopic (exact) mass is 364 g/mol. The Morgan fingerprint density at radius 1 is 1.04 bits per heavy atom. The number of carbonyl (C=O) groups is 2. The second-order valence-corrected chi connectivity index (χ2v) is 6.51. The highest BCUT2D eigenvalue weighted by Crippen LogP contribution is 2.19. The van der Waals surface area contributed by atoms with E-state index >= 15 is 0 Å². The minimum atomic E-state index is -0.0588. The molecule has 140 valence electrons. The van der Waals surface area contributed by atoms with Gasteiger partial charge >= 0.3 is 0 Å². The third kappa shape index (κ3) is 4.97. The molecule has 0 aliphatic carbocycles. The van der Waals surface area contributed by atoms with Crippen molar-refractivity contribution in [2.24, 2.45) is 0 Å². The Kier molecular flexibility index (Phi) is 6.26. The maximum atomic E-state index is 12.4. The predicted molar refractivity (Wildman–Crippen MR) is 106 cm³/mol. The average Bonchev–Trinajstić information content (AvgIpc) is 2.73. The Morgan fingerprint density at radius 3 is 2.41 bits per heavy atom. The Hall–Kier alpha value is -3.08. The molecule has 0 unspecified atom stereocenters. The van der Waals surface area contributed by atoms with Crippen LogP contribution in [-0.4, -0.2) is 43.0 Å². The number of carbonyl (C=O) groups excluding carboxylic acids is 2. The van der Waals surface area contributed by atoms with Crippen molar-refractivity contribution in [1.82, 2.24) is 10.2 Å². The van der Waals surface area contributed by atoms with Gasteiger partial charge in [-0.15, -0.1) is 0 Å². The molecule has 2 aromatic rings. The molecule has 1 fully saturated rings. The lowest BCUT2D eigenvalue weighted by Gasteiger charge is -2.31. The summed E-state index contributed by atoms with van der Waals surface area (Å²) in [5.74, 6) is 0.661. The van der Waals surface area contributed by atoms with E-state index in [4.69, 9.17) is 4.74 Å². The number of hydrogen-bond acceptors (Lipinski definition) is 3. The SMILES string of the molecule is COc1ccccc1/C=C/C(=O)N1CCC(NC(=O)c2ccccc2)CC1. The van der Waals surface area contributed by atoms with Crippen LogP contribution in [0.5, 0.6) is 5.75 Å². The molecule has 2 amide bonds. The summed E-state index contributed by atoms with van der Waals surface area (Å²) >= 11 is 0. The van der Waals surface area contributed by atoms with Gasteiger partial charge in [0.2, 0.25) is 5.91 Å². The van der Waals surface area contributed by atoms with Gasteiger partial charge in [-0.1, -0.05) is 36.4 Å². The molecule has 3 rings (SSSR count). The highest BCUT2D eigenvalue weighted by atomic mass is 16.5. The Balaban J connectivity index is 1.50. The number of ether oxygens (including phenoxy) is 1. The lowest BCUT2D eigenvalue weighted by molar-refractivity contribution is -0.126. The van der Waals surface area contributed by atoms with Crippen molar-refractivity contribution in [1.29, 1.82) is 0 Å². The topological polar surface area (TPSA) is 58.6 Å². The number of methoxy groups -OCH3 is 1. The standard InChI is InChI=1S/C22H24N2O3/c1-27-20-10-6-5-7-17(20)11-12-21(25)24-15-13-19(14-16-24)23-22(26)18-8-3-2-4-9-18/h2-12,19H,13-16H2,1H3,(H,23,26)/b12-11+. The molecule has 0 radical (unpaired) electrons. The molecule has 1 saturated heterocycles. The minimum absolute atomic E-state index is 0.0197. The van der Waals surface area contributed by atoms with Gasteiger partial charge in [-0.05, 0) is 37.1 Å². The van der Waals surface area contributed by atoms with Gasteiger partial charge in [0.05, 0.1) is 7.11 Å². The highest BCUT2D eigenvalue weighted by molar-refractivity contribution is 5.94. The van der Waals surface area contributed by atoms with Crippen LogP contribution in [0, 0.1) is 0 Å². The third-order valence-corrected chi connectivity index (χ3v) is 4.72. The Morgan fingerprint density at radius 2 is 1.70 bits per heavy atom. The van der Waals surface area contributed by atoms with Crippen molar-refractivity contribution in [3.63, 3.8) is 0 Å². The van der Waals surface area contributed by atoms with Crippen LogP contribution in [-0.2, 0) is 4.79 Å². The number of piperidine rings is 1. The second-order valence-electron chi connectivity index (χ2n) is 6.51. The zero-order chi connectivity index (χ0) is 19.1. The lowest BCUT2D eigenvalue weighted by atomic mass is 10.0. The minimum Gasteiger partial charge on any atom is -0.496 e. The van der Waals surface area contributed by atoms with Crippen molar-refractivity contribution in [3.05, 3.63) is 71.8 Å². The fraction of sp³-hybridized carbons (Fsp3) is 0.273. The van der Waals surface area contributed by atoms with E-state index in [1.807, 2.05) is 47.4 Å². The molecule has 1 heterocycles. The summed E-state index contributed by atoms with van der Waals surface area (Å²) in [5.41, 5.74) is 1.54. The van der Waals surface area contributed by atoms with Gasteiger partial charge in [0.1, 0.15) is 5.75 Å². The quantitative estimate of drug-likeness (QED) is 0.830. The number of likely N-dealkylation sites (tertiary alicyclic amines) is 1. The van der Waals surface area contributed by atoms with Crippen LogP contribution in [0.2, 0.25) is 0 Å². The Labute approximate surface area is 159 Å². The number of amides is 2. The van der Waals surface area contributed by atoms with Crippen molar-refractivity contribution in [2.75, 3.05) is 20.2 Å². The van der Waals surface area contributed by atoms with Crippen LogP contribution in [0.1, 0.15) is 28.8 Å². The van der Waals surface area contributed by atoms with Crippen LogP contribution >= 0.6 is 0 Å². The molecule has 0 bridgehead atoms. The third-order valence-electron chi connectivity index (χ3n) is 4.72. The first-order valence-electron chi connectivity index (χ1n) is 9.13. The van der Waals surface area contributed by atoms with Gasteiger partial charge in [-0.2, -0.15) is 0 Å². The summed E-state index contributed by atoms with van der Waals surface area (Å²) in [4.78, 5) is 26.5. The zero-order valence-electron chi connectivity index (χ0n) is 15.4. The summed E-state index contributed by atoms with van der Waals surface area (Å²) in [7, 11) is 1.61. The van der Waals surface area contributed by atoms with Crippen LogP contribution in [0.15, 0.2) is 60.7 Å². The van der Waals surface area contributed by atoms with E-state index < -0.39 is 0 Å². The van der Waals surface area contributed by atoms with E-state index in [1.54, 1.807) is 31.4 Å². The number of rotatable bonds is 5. The van der Waals surface area contributed by atoms with Crippen molar-refractivity contribution in [3.8, 4) is 5.75 Å². The molecule has 5 heteroatoms. The molecule has 27 heavy (non-hydrogen) atoms. The molecule has 0 atom stereocenters. The lowest BCUT2D eigenvalue weighted by Crippen LogP contribution is -2.46. The first kappa shape index (κ1) is 18.7. The average molecular weight is 364 g/mol. The van der Waals surface area contributed by atoms with E-state index in [0.717, 1.165) is 24.2 Å². The molecule has 0 saturated carbocycles. The number of nitrogens with one attached hydrogen (secondary N) is 1. The fourth-order valence-electron chi connectivity index (χ4n) is 3.17. The summed E-state index contributed by atoms with van der Waals surface area (Å²) in [6, 6.07) is 16.9. The van der Waals surface area contributed by atoms with Crippen LogP contribution in [0.4, 0.5) is 0 Å². The first-order valence-corrected chi connectivity index (χ1v) is 9.13. The zero-order valence-corrected chi connectivity index (χ0v) is 15.4. The largest absolute Gasteiger partial charge is 0.496 e. The van der Waals surface area contributed by atoms with Crippen LogP contribution in [0.25, 0.3) is 6.08 Å². The predicted octanol–water partition coefficient (Wildman–Crippen LogP) is 3.13. The summed E-state index contributed by atoms with van der Waals surface area (Å²) in [6.07, 6.45) is 4.88. The first-order chi connectivity index (χ1) is 13.2. The fourth-order valence-corrected chi connectivity index (χ4v) is 3.17. The van der Waals surface area contributed by atoms with E-state index in [1.165, 1.54) is 0 Å². The van der Waals surface area contributed by atoms with Gasteiger partial charge < -0.3 is 15.0 Å². The Bertz CT molecular complexity index is 809. The summed E-state index contributed by atoms with van der Waals surface area (Å²) < 4.78 is 5.29. The highest BCUT2D eigenvalue weighted by Gasteiger charge is 2.23. The van der Waals surface area contributed by atoms with Gasteiger partial charge in [0, 0.05) is 36.3 Å². The van der Waals surface area contributed by atoms with Crippen molar-refractivity contribution in [2.45, 2.75) is 18.9 Å². The van der Waals surface area contributed by atoms with Crippen molar-refractivity contribution >= 4 is 17.9 Å². The maximum absolute atomic E-state index is 12.4. The van der Waals surface area contributed by atoms with E-state index in [9.17, 15) is 9.59 Å². The molecule has 2 aromatic carbocycles. The van der Waals surface area contributed by atoms with Crippen LogP contribution in [0.3, 0.4) is 0 Å². The van der Waals surface area contributed by atoms with Crippen molar-refractivity contribution < 1.29 is 14.3 Å². The maximum Gasteiger partial charge on any atom is 0.251 e. The van der Waals surface area contributed by atoms with Gasteiger partial charge in [0.25, 0.3) is 5.91 Å². The molecule has 5 nitrogen and oxygen atoms in total. The smallest absolute Gasteiger partial charge is 0.251 e. The van der Waals surface area contributed by atoms with Gasteiger partial charge in [-0.25, -0.2) is 0 Å². The van der Waals surface area contributed by atoms with E-state index in [2.05, 4.69) is 5.32 Å². The molecule has 1 N–H and O–H groups in total. The number of benzene rings is 2. The molecular weight excluding hydrogens is 340 g/mol. The number of nitrogens with zero attached hydrogens (tertiary/aromatic N) is 1. The number of hydrogen-bond donors (Lipinski definition) is 1. The number of para-hydroxylation sites is 1. The van der Waals surface area contributed by atoms with Gasteiger partial charge in [-0.3, -0.25) is 9.59 Å². The van der Waals surface area contributed by atoms with Gasteiger partial charge in [0.15, 0.2) is 0 Å².